The minimum atomic E-state index is -3.17. The Kier molecular flexibility index (Phi) is 5.52. The molecule has 0 aliphatic carbocycles. The summed E-state index contributed by atoms with van der Waals surface area (Å²) in [5, 5.41) is 2.94. The van der Waals surface area contributed by atoms with Gasteiger partial charge >= 0.3 is 0 Å². The standard InChI is InChI=1S/C11H17FN2O3S/c1-17-10-4-3-9(11(12)7-10)8-13-5-6-14-18(2,15)16/h3-4,7,13-14H,5-6,8H2,1-2H3. The lowest BCUT2D eigenvalue weighted by Crippen LogP contribution is -2.30. The summed E-state index contributed by atoms with van der Waals surface area (Å²) in [6, 6.07) is 4.62. The second-order valence-electron chi connectivity index (χ2n) is 3.80. The number of methoxy groups -OCH3 is 1. The van der Waals surface area contributed by atoms with E-state index in [1.807, 2.05) is 0 Å². The van der Waals surface area contributed by atoms with Crippen molar-refractivity contribution >= 4 is 10.0 Å². The molecule has 0 fully saturated rings. The molecule has 0 saturated heterocycles. The number of halogens is 1. The molecule has 18 heavy (non-hydrogen) atoms. The SMILES string of the molecule is COc1ccc(CNCCNS(C)(=O)=O)c(F)c1. The lowest BCUT2D eigenvalue weighted by atomic mass is 10.2. The molecule has 7 heteroatoms. The van der Waals surface area contributed by atoms with Gasteiger partial charge in [-0.3, -0.25) is 0 Å². The van der Waals surface area contributed by atoms with Gasteiger partial charge in [0.05, 0.1) is 13.4 Å². The van der Waals surface area contributed by atoms with E-state index in [-0.39, 0.29) is 12.4 Å². The summed E-state index contributed by atoms with van der Waals surface area (Å²) in [5.41, 5.74) is 0.509. The van der Waals surface area contributed by atoms with Crippen LogP contribution in [0.4, 0.5) is 4.39 Å². The van der Waals surface area contributed by atoms with E-state index in [9.17, 15) is 12.8 Å². The van der Waals surface area contributed by atoms with Gasteiger partial charge in [-0.25, -0.2) is 17.5 Å². The largest absolute Gasteiger partial charge is 0.497 e. The third kappa shape index (κ3) is 5.44. The molecule has 1 aromatic carbocycles. The first-order chi connectivity index (χ1) is 8.42. The van der Waals surface area contributed by atoms with Crippen molar-refractivity contribution in [2.75, 3.05) is 26.5 Å². The molecule has 0 aliphatic heterocycles. The number of hydrogen-bond acceptors (Lipinski definition) is 4. The fourth-order valence-corrected chi connectivity index (χ4v) is 1.82. The van der Waals surface area contributed by atoms with Gasteiger partial charge in [0.15, 0.2) is 0 Å². The normalized spacial score (nSPS) is 11.5. The first kappa shape index (κ1) is 14.9. The first-order valence-electron chi connectivity index (χ1n) is 5.40. The molecular weight excluding hydrogens is 259 g/mol. The summed E-state index contributed by atoms with van der Waals surface area (Å²) in [6.45, 7) is 1.04. The Balaban J connectivity index is 2.36. The van der Waals surface area contributed by atoms with Crippen LogP contribution in [-0.2, 0) is 16.6 Å². The number of nitrogens with one attached hydrogen (secondary N) is 2. The molecule has 0 heterocycles. The molecule has 102 valence electrons. The molecule has 0 amide bonds. The lowest BCUT2D eigenvalue weighted by molar-refractivity contribution is 0.410. The molecule has 0 radical (unpaired) electrons. The van der Waals surface area contributed by atoms with E-state index in [1.165, 1.54) is 13.2 Å². The van der Waals surface area contributed by atoms with E-state index in [1.54, 1.807) is 12.1 Å². The molecular formula is C11H17FN2O3S. The predicted octanol–water partition coefficient (Wildman–Crippen LogP) is 0.473. The summed E-state index contributed by atoms with van der Waals surface area (Å²) in [4.78, 5) is 0. The molecule has 0 aromatic heterocycles. The molecule has 1 rings (SSSR count). The Morgan fingerprint density at radius 3 is 2.61 bits per heavy atom. The predicted molar refractivity (Wildman–Crippen MR) is 67.5 cm³/mol. The summed E-state index contributed by atoms with van der Waals surface area (Å²) < 4.78 is 42.3. The summed E-state index contributed by atoms with van der Waals surface area (Å²) in [6.07, 6.45) is 1.09. The van der Waals surface area contributed by atoms with Crippen LogP contribution in [0.5, 0.6) is 5.75 Å². The van der Waals surface area contributed by atoms with Crippen molar-refractivity contribution in [3.05, 3.63) is 29.6 Å². The van der Waals surface area contributed by atoms with Gasteiger partial charge in [0.2, 0.25) is 10.0 Å². The van der Waals surface area contributed by atoms with Crippen LogP contribution in [0.1, 0.15) is 5.56 Å². The van der Waals surface area contributed by atoms with Crippen LogP contribution in [0, 0.1) is 5.82 Å². The molecule has 0 saturated carbocycles. The topological polar surface area (TPSA) is 67.4 Å². The van der Waals surface area contributed by atoms with Crippen molar-refractivity contribution < 1.29 is 17.5 Å². The maximum atomic E-state index is 13.5. The lowest BCUT2D eigenvalue weighted by Gasteiger charge is -2.07. The zero-order valence-electron chi connectivity index (χ0n) is 10.4. The molecule has 0 atom stereocenters. The fourth-order valence-electron chi connectivity index (χ4n) is 1.35. The Morgan fingerprint density at radius 2 is 2.06 bits per heavy atom. The van der Waals surface area contributed by atoms with Crippen molar-refractivity contribution in [2.24, 2.45) is 0 Å². The van der Waals surface area contributed by atoms with Crippen LogP contribution < -0.4 is 14.8 Å². The van der Waals surface area contributed by atoms with Gasteiger partial charge in [-0.05, 0) is 6.07 Å². The second-order valence-corrected chi connectivity index (χ2v) is 5.63. The van der Waals surface area contributed by atoms with Crippen LogP contribution in [0.3, 0.4) is 0 Å². The highest BCUT2D eigenvalue weighted by molar-refractivity contribution is 7.88. The summed E-state index contributed by atoms with van der Waals surface area (Å²) in [7, 11) is -1.69. The Morgan fingerprint density at radius 1 is 1.33 bits per heavy atom. The smallest absolute Gasteiger partial charge is 0.208 e. The van der Waals surface area contributed by atoms with E-state index >= 15 is 0 Å². The minimum Gasteiger partial charge on any atom is -0.497 e. The van der Waals surface area contributed by atoms with Crippen LogP contribution >= 0.6 is 0 Å². The Bertz CT molecular complexity index is 491. The second kappa shape index (κ2) is 6.67. The van der Waals surface area contributed by atoms with Crippen molar-refractivity contribution in [3.63, 3.8) is 0 Å². The maximum absolute atomic E-state index is 13.5. The van der Waals surface area contributed by atoms with Crippen LogP contribution in [0.25, 0.3) is 0 Å². The zero-order valence-corrected chi connectivity index (χ0v) is 11.2. The van der Waals surface area contributed by atoms with E-state index in [2.05, 4.69) is 10.0 Å². The maximum Gasteiger partial charge on any atom is 0.208 e. The van der Waals surface area contributed by atoms with Crippen LogP contribution in [-0.4, -0.2) is 34.9 Å². The van der Waals surface area contributed by atoms with Gasteiger partial charge in [-0.2, -0.15) is 0 Å². The molecule has 2 N–H and O–H groups in total. The third-order valence-corrected chi connectivity index (χ3v) is 2.97. The minimum absolute atomic E-state index is 0.274. The zero-order chi connectivity index (χ0) is 13.6. The van der Waals surface area contributed by atoms with Crippen LogP contribution in [0.2, 0.25) is 0 Å². The monoisotopic (exact) mass is 276 g/mol. The summed E-state index contributed by atoms with van der Waals surface area (Å²) in [5.74, 6) is 0.118. The van der Waals surface area contributed by atoms with Gasteiger partial charge in [0.1, 0.15) is 11.6 Å². The highest BCUT2D eigenvalue weighted by atomic mass is 32.2. The quantitative estimate of drug-likeness (QED) is 0.711. The van der Waals surface area contributed by atoms with E-state index in [0.717, 1.165) is 6.26 Å². The van der Waals surface area contributed by atoms with Crippen molar-refractivity contribution in [3.8, 4) is 5.75 Å². The summed E-state index contributed by atoms with van der Waals surface area (Å²) >= 11 is 0. The number of hydrogen-bond donors (Lipinski definition) is 2. The average molecular weight is 276 g/mol. The van der Waals surface area contributed by atoms with Gasteiger partial charge in [-0.1, -0.05) is 6.07 Å². The fraction of sp³-hybridized carbons (Fsp3) is 0.455. The van der Waals surface area contributed by atoms with Gasteiger partial charge in [0.25, 0.3) is 0 Å². The first-order valence-corrected chi connectivity index (χ1v) is 7.29. The Labute approximate surface area is 106 Å². The average Bonchev–Trinajstić information content (AvgIpc) is 2.29. The number of benzene rings is 1. The molecule has 0 unspecified atom stereocenters. The molecule has 0 spiro atoms. The van der Waals surface area contributed by atoms with Gasteiger partial charge < -0.3 is 10.1 Å². The molecule has 5 nitrogen and oxygen atoms in total. The number of rotatable bonds is 7. The Hall–Kier alpha value is -1.18. The number of sulfonamides is 1. The third-order valence-electron chi connectivity index (χ3n) is 2.24. The highest BCUT2D eigenvalue weighted by Gasteiger charge is 2.04. The van der Waals surface area contributed by atoms with E-state index in [0.29, 0.717) is 24.4 Å². The van der Waals surface area contributed by atoms with Crippen molar-refractivity contribution in [2.45, 2.75) is 6.54 Å². The highest BCUT2D eigenvalue weighted by Crippen LogP contribution is 2.15. The van der Waals surface area contributed by atoms with Gasteiger partial charge in [-0.15, -0.1) is 0 Å². The molecule has 0 bridgehead atoms. The van der Waals surface area contributed by atoms with Crippen molar-refractivity contribution in [1.29, 1.82) is 0 Å². The van der Waals surface area contributed by atoms with Gasteiger partial charge in [0, 0.05) is 31.3 Å². The van der Waals surface area contributed by atoms with Crippen molar-refractivity contribution in [1.82, 2.24) is 10.0 Å². The van der Waals surface area contributed by atoms with Crippen LogP contribution in [0.15, 0.2) is 18.2 Å². The molecule has 1 aromatic rings. The molecule has 0 aliphatic rings. The number of ether oxygens (including phenoxy) is 1. The van der Waals surface area contributed by atoms with E-state index in [4.69, 9.17) is 4.74 Å². The van der Waals surface area contributed by atoms with E-state index < -0.39 is 10.0 Å².